The molecule has 0 amide bonds. The van der Waals surface area contributed by atoms with Crippen LogP contribution in [0.15, 0.2) is 0 Å². The summed E-state index contributed by atoms with van der Waals surface area (Å²) in [6, 6.07) is 0. The number of nitrogens with zero attached hydrogens (tertiary/aromatic N) is 3. The molecule has 0 saturated carbocycles. The number of methoxy groups -OCH3 is 1. The molecule has 0 aliphatic carbocycles. The van der Waals surface area contributed by atoms with Gasteiger partial charge in [0.05, 0.1) is 25.6 Å². The zero-order valence-electron chi connectivity index (χ0n) is 12.1. The first-order valence-electron chi connectivity index (χ1n) is 6.19. The average molecular weight is 294 g/mol. The molecule has 0 saturated heterocycles. The van der Waals surface area contributed by atoms with Crippen LogP contribution in [0.3, 0.4) is 0 Å². The molecule has 2 aromatic heterocycles. The third-order valence-corrected chi connectivity index (χ3v) is 4.24. The molecule has 0 unspecified atom stereocenters. The Bertz CT molecular complexity index is 653. The summed E-state index contributed by atoms with van der Waals surface area (Å²) >= 11 is 1.61. The quantitative estimate of drug-likeness (QED) is 0.861. The maximum atomic E-state index is 11.2. The van der Waals surface area contributed by atoms with E-state index in [2.05, 4.69) is 14.7 Å². The molecule has 20 heavy (non-hydrogen) atoms. The number of carbonyl (C=O) groups is 1. The number of aryl methyl sites for hydroxylation is 2. The van der Waals surface area contributed by atoms with Crippen LogP contribution in [-0.2, 0) is 16.1 Å². The van der Waals surface area contributed by atoms with Crippen LogP contribution in [0, 0.1) is 13.8 Å². The van der Waals surface area contributed by atoms with Gasteiger partial charge >= 0.3 is 5.97 Å². The number of hydrogen-bond acceptors (Lipinski definition) is 7. The maximum Gasteiger partial charge on any atom is 0.319 e. The third kappa shape index (κ3) is 2.88. The predicted molar refractivity (Wildman–Crippen MR) is 79.7 cm³/mol. The number of rotatable bonds is 4. The maximum absolute atomic E-state index is 11.2. The van der Waals surface area contributed by atoms with E-state index < -0.39 is 0 Å². The Balaban J connectivity index is 2.26. The van der Waals surface area contributed by atoms with Crippen molar-refractivity contribution in [1.82, 2.24) is 14.9 Å². The van der Waals surface area contributed by atoms with Crippen LogP contribution in [-0.4, -0.2) is 41.5 Å². The number of carbonyl (C=O) groups excluding carboxylic acids is 1. The van der Waals surface area contributed by atoms with Crippen molar-refractivity contribution in [1.29, 1.82) is 0 Å². The molecule has 2 aromatic rings. The number of fused-ring (bicyclic) bond motifs is 1. The Hall–Kier alpha value is -1.73. The number of hydrogen-bond donors (Lipinski definition) is 1. The highest BCUT2D eigenvalue weighted by Gasteiger charge is 2.14. The minimum Gasteiger partial charge on any atom is -0.468 e. The zero-order chi connectivity index (χ0) is 14.9. The average Bonchev–Trinajstić information content (AvgIpc) is 2.64. The molecule has 0 atom stereocenters. The fourth-order valence-electron chi connectivity index (χ4n) is 1.98. The summed E-state index contributed by atoms with van der Waals surface area (Å²) in [6.45, 7) is 4.71. The standard InChI is InChI=1S/C13H18N4O2S/c1-7-8(2)20-13-11(7)12(14)15-9(16-13)5-17(3)6-10(18)19-4/h5-6H2,1-4H3,(H2,14,15,16). The van der Waals surface area contributed by atoms with Gasteiger partial charge in [-0.2, -0.15) is 0 Å². The molecule has 108 valence electrons. The van der Waals surface area contributed by atoms with Crippen molar-refractivity contribution in [3.8, 4) is 0 Å². The number of thiophene rings is 1. The molecule has 2 heterocycles. The molecule has 7 heteroatoms. The number of likely N-dealkylation sites (N-methyl/N-ethyl adjacent to an activating group) is 1. The number of nitrogens with two attached hydrogens (primary N) is 1. The summed E-state index contributed by atoms with van der Waals surface area (Å²) in [6.07, 6.45) is 0. The topological polar surface area (TPSA) is 81.3 Å². The predicted octanol–water partition coefficient (Wildman–Crippen LogP) is 1.50. The molecule has 2 N–H and O–H groups in total. The van der Waals surface area contributed by atoms with Gasteiger partial charge in [0.15, 0.2) is 0 Å². The van der Waals surface area contributed by atoms with Gasteiger partial charge in [-0.15, -0.1) is 11.3 Å². The SMILES string of the molecule is COC(=O)CN(C)Cc1nc(N)c2c(C)c(C)sc2n1. The molecule has 0 spiro atoms. The summed E-state index contributed by atoms with van der Waals surface area (Å²) in [5, 5.41) is 0.937. The van der Waals surface area contributed by atoms with Crippen molar-refractivity contribution in [3.05, 3.63) is 16.3 Å². The highest BCUT2D eigenvalue weighted by atomic mass is 32.1. The molecule has 0 radical (unpaired) electrons. The van der Waals surface area contributed by atoms with Gasteiger partial charge < -0.3 is 10.5 Å². The first-order valence-corrected chi connectivity index (χ1v) is 7.01. The van der Waals surface area contributed by atoms with Crippen molar-refractivity contribution >= 4 is 33.3 Å². The minimum atomic E-state index is -0.288. The van der Waals surface area contributed by atoms with Gasteiger partial charge in [0, 0.05) is 4.88 Å². The molecule has 0 fully saturated rings. The van der Waals surface area contributed by atoms with Gasteiger partial charge in [-0.05, 0) is 26.5 Å². The van der Waals surface area contributed by atoms with Crippen molar-refractivity contribution < 1.29 is 9.53 Å². The second-order valence-corrected chi connectivity index (χ2v) is 5.94. The summed E-state index contributed by atoms with van der Waals surface area (Å²) in [4.78, 5) is 23.9. The van der Waals surface area contributed by atoms with Gasteiger partial charge in [0.2, 0.25) is 0 Å². The van der Waals surface area contributed by atoms with Crippen LogP contribution < -0.4 is 5.73 Å². The monoisotopic (exact) mass is 294 g/mol. The van der Waals surface area contributed by atoms with Crippen molar-refractivity contribution in [2.24, 2.45) is 0 Å². The lowest BCUT2D eigenvalue weighted by atomic mass is 10.2. The van der Waals surface area contributed by atoms with Crippen LogP contribution in [0.2, 0.25) is 0 Å². The molecule has 0 bridgehead atoms. The van der Waals surface area contributed by atoms with Gasteiger partial charge in [-0.1, -0.05) is 0 Å². The van der Waals surface area contributed by atoms with E-state index in [4.69, 9.17) is 5.73 Å². The smallest absolute Gasteiger partial charge is 0.319 e. The molecule has 6 nitrogen and oxygen atoms in total. The van der Waals surface area contributed by atoms with Crippen molar-refractivity contribution in [2.45, 2.75) is 20.4 Å². The molecule has 2 rings (SSSR count). The number of nitrogen functional groups attached to an aromatic ring is 1. The van der Waals surface area contributed by atoms with Gasteiger partial charge in [0.25, 0.3) is 0 Å². The number of esters is 1. The zero-order valence-corrected chi connectivity index (χ0v) is 12.9. The summed E-state index contributed by atoms with van der Waals surface area (Å²) in [7, 11) is 3.18. The lowest BCUT2D eigenvalue weighted by Gasteiger charge is -2.14. The van der Waals surface area contributed by atoms with Crippen LogP contribution in [0.1, 0.15) is 16.3 Å². The van der Waals surface area contributed by atoms with E-state index in [1.807, 2.05) is 20.9 Å². The normalized spacial score (nSPS) is 11.2. The largest absolute Gasteiger partial charge is 0.468 e. The highest BCUT2D eigenvalue weighted by Crippen LogP contribution is 2.31. The summed E-state index contributed by atoms with van der Waals surface area (Å²) in [5.41, 5.74) is 7.16. The molecule has 0 aromatic carbocycles. The summed E-state index contributed by atoms with van der Waals surface area (Å²) < 4.78 is 4.63. The van der Waals surface area contributed by atoms with E-state index in [1.54, 1.807) is 16.2 Å². The summed E-state index contributed by atoms with van der Waals surface area (Å²) in [5.74, 6) is 0.824. The van der Waals surface area contributed by atoms with Crippen LogP contribution >= 0.6 is 11.3 Å². The Kier molecular flexibility index (Phi) is 4.20. The molecule has 0 aliphatic heterocycles. The first kappa shape index (κ1) is 14.7. The van der Waals surface area contributed by atoms with E-state index in [0.29, 0.717) is 18.2 Å². The van der Waals surface area contributed by atoms with E-state index in [1.165, 1.54) is 12.0 Å². The van der Waals surface area contributed by atoms with Crippen molar-refractivity contribution in [2.75, 3.05) is 26.4 Å². The highest BCUT2D eigenvalue weighted by molar-refractivity contribution is 7.18. The number of aromatic nitrogens is 2. The fourth-order valence-corrected chi connectivity index (χ4v) is 3.04. The Morgan fingerprint density at radius 3 is 2.75 bits per heavy atom. The van der Waals surface area contributed by atoms with Crippen LogP contribution in [0.5, 0.6) is 0 Å². The first-order chi connectivity index (χ1) is 9.42. The third-order valence-electron chi connectivity index (χ3n) is 3.14. The Labute approximate surface area is 121 Å². The molecule has 0 aliphatic rings. The Morgan fingerprint density at radius 2 is 2.10 bits per heavy atom. The number of ether oxygens (including phenoxy) is 1. The minimum absolute atomic E-state index is 0.195. The molecular formula is C13H18N4O2S. The van der Waals surface area contributed by atoms with Crippen molar-refractivity contribution in [3.63, 3.8) is 0 Å². The lowest BCUT2D eigenvalue weighted by molar-refractivity contribution is -0.141. The Morgan fingerprint density at radius 1 is 1.40 bits per heavy atom. The van der Waals surface area contributed by atoms with E-state index in [0.717, 1.165) is 15.8 Å². The second-order valence-electron chi connectivity index (χ2n) is 4.74. The second kappa shape index (κ2) is 5.72. The van der Waals surface area contributed by atoms with Gasteiger partial charge in [-0.3, -0.25) is 9.69 Å². The van der Waals surface area contributed by atoms with E-state index in [-0.39, 0.29) is 12.5 Å². The van der Waals surface area contributed by atoms with Gasteiger partial charge in [-0.25, -0.2) is 9.97 Å². The van der Waals surface area contributed by atoms with Gasteiger partial charge in [0.1, 0.15) is 16.5 Å². The number of anilines is 1. The molecular weight excluding hydrogens is 276 g/mol. The van der Waals surface area contributed by atoms with E-state index in [9.17, 15) is 4.79 Å². The van der Waals surface area contributed by atoms with Crippen LogP contribution in [0.4, 0.5) is 5.82 Å². The van der Waals surface area contributed by atoms with E-state index >= 15 is 0 Å². The van der Waals surface area contributed by atoms with Crippen LogP contribution in [0.25, 0.3) is 10.2 Å². The lowest BCUT2D eigenvalue weighted by Crippen LogP contribution is -2.27. The fraction of sp³-hybridized carbons (Fsp3) is 0.462.